The fourth-order valence-corrected chi connectivity index (χ4v) is 3.46. The number of hydrogen-bond acceptors (Lipinski definition) is 6. The fourth-order valence-electron chi connectivity index (χ4n) is 2.25. The summed E-state index contributed by atoms with van der Waals surface area (Å²) >= 11 is 1.98. The maximum Gasteiger partial charge on any atom is 0.146 e. The van der Waals surface area contributed by atoms with Gasteiger partial charge in [-0.2, -0.15) is 11.8 Å². The summed E-state index contributed by atoms with van der Waals surface area (Å²) in [7, 11) is 3.87. The summed E-state index contributed by atoms with van der Waals surface area (Å²) < 4.78 is 5.03. The van der Waals surface area contributed by atoms with E-state index in [2.05, 4.69) is 28.3 Å². The molecule has 0 saturated carbocycles. The molecule has 5 nitrogen and oxygen atoms in total. The van der Waals surface area contributed by atoms with Crippen LogP contribution in [0.1, 0.15) is 23.3 Å². The molecule has 1 aliphatic heterocycles. The van der Waals surface area contributed by atoms with E-state index in [4.69, 9.17) is 9.72 Å². The number of nitrogens with zero attached hydrogens (tertiary/aromatic N) is 3. The highest BCUT2D eigenvalue weighted by molar-refractivity contribution is 7.99. The minimum atomic E-state index is 0.339. The highest BCUT2D eigenvalue weighted by atomic mass is 32.2. The summed E-state index contributed by atoms with van der Waals surface area (Å²) in [6, 6.07) is 2.39. The number of aromatic nitrogens is 2. The molecule has 1 aliphatic rings. The summed E-state index contributed by atoms with van der Waals surface area (Å²) in [6.45, 7) is 5.48. The Morgan fingerprint density at radius 2 is 2.35 bits per heavy atom. The number of ether oxygens (including phenoxy) is 1. The molecule has 2 heterocycles. The monoisotopic (exact) mass is 296 g/mol. The Kier molecular flexibility index (Phi) is 6.22. The Balaban J connectivity index is 2.03. The normalized spacial score (nSPS) is 20.2. The standard InChI is InChI=1S/C14H24N4OS/c1-11-8-12(9-15-4-6-19-3)17-14(16-11)13-10-20-7-5-18(13)2/h8,13,15H,4-7,9-10H2,1-3H3. The van der Waals surface area contributed by atoms with Crippen LogP contribution in [0.15, 0.2) is 6.07 Å². The minimum Gasteiger partial charge on any atom is -0.383 e. The molecule has 0 radical (unpaired) electrons. The second-order valence-electron chi connectivity index (χ2n) is 5.10. The van der Waals surface area contributed by atoms with Crippen molar-refractivity contribution in [3.05, 3.63) is 23.3 Å². The van der Waals surface area contributed by atoms with Gasteiger partial charge >= 0.3 is 0 Å². The summed E-state index contributed by atoms with van der Waals surface area (Å²) in [4.78, 5) is 11.7. The quantitative estimate of drug-likeness (QED) is 0.797. The largest absolute Gasteiger partial charge is 0.383 e. The van der Waals surface area contributed by atoms with E-state index in [0.717, 1.165) is 49.2 Å². The second kappa shape index (κ2) is 7.93. The van der Waals surface area contributed by atoms with Crippen molar-refractivity contribution < 1.29 is 4.74 Å². The van der Waals surface area contributed by atoms with Crippen LogP contribution in [0.4, 0.5) is 0 Å². The molecular weight excluding hydrogens is 272 g/mol. The molecule has 0 aliphatic carbocycles. The zero-order valence-corrected chi connectivity index (χ0v) is 13.4. The van der Waals surface area contributed by atoms with Crippen molar-refractivity contribution in [3.63, 3.8) is 0 Å². The third kappa shape index (κ3) is 4.41. The van der Waals surface area contributed by atoms with Crippen molar-refractivity contribution >= 4 is 11.8 Å². The lowest BCUT2D eigenvalue weighted by molar-refractivity contribution is 0.199. The summed E-state index contributed by atoms with van der Waals surface area (Å²) in [5, 5.41) is 3.34. The average molecular weight is 296 g/mol. The van der Waals surface area contributed by atoms with Crippen LogP contribution in [0.25, 0.3) is 0 Å². The minimum absolute atomic E-state index is 0.339. The summed E-state index contributed by atoms with van der Waals surface area (Å²) in [6.07, 6.45) is 0. The predicted octanol–water partition coefficient (Wildman–Crippen LogP) is 1.24. The molecule has 112 valence electrons. The topological polar surface area (TPSA) is 50.3 Å². The van der Waals surface area contributed by atoms with Gasteiger partial charge in [-0.15, -0.1) is 0 Å². The van der Waals surface area contributed by atoms with Crippen LogP contribution in [0.3, 0.4) is 0 Å². The first kappa shape index (κ1) is 15.7. The first-order valence-electron chi connectivity index (χ1n) is 7.03. The molecule has 1 N–H and O–H groups in total. The SMILES string of the molecule is COCCNCc1cc(C)nc(C2CSCCN2C)n1. The Bertz CT molecular complexity index is 430. The van der Waals surface area contributed by atoms with Crippen LogP contribution in [0.2, 0.25) is 0 Å². The second-order valence-corrected chi connectivity index (χ2v) is 6.25. The molecule has 1 aromatic heterocycles. The van der Waals surface area contributed by atoms with Gasteiger partial charge in [0.25, 0.3) is 0 Å². The van der Waals surface area contributed by atoms with Gasteiger partial charge in [-0.1, -0.05) is 0 Å². The number of rotatable bonds is 6. The van der Waals surface area contributed by atoms with Crippen LogP contribution in [0, 0.1) is 6.92 Å². The Morgan fingerprint density at radius 3 is 3.10 bits per heavy atom. The zero-order valence-electron chi connectivity index (χ0n) is 12.6. The van der Waals surface area contributed by atoms with E-state index in [0.29, 0.717) is 6.04 Å². The lowest BCUT2D eigenvalue weighted by Crippen LogP contribution is -2.34. The van der Waals surface area contributed by atoms with Crippen LogP contribution < -0.4 is 5.32 Å². The van der Waals surface area contributed by atoms with Crippen LogP contribution in [-0.2, 0) is 11.3 Å². The number of aryl methyl sites for hydroxylation is 1. The first-order valence-corrected chi connectivity index (χ1v) is 8.18. The van der Waals surface area contributed by atoms with Gasteiger partial charge in [-0.05, 0) is 20.0 Å². The van der Waals surface area contributed by atoms with Crippen molar-refractivity contribution in [3.8, 4) is 0 Å². The Labute approximate surface area is 125 Å². The van der Waals surface area contributed by atoms with Crippen molar-refractivity contribution in [2.24, 2.45) is 0 Å². The average Bonchev–Trinajstić information content (AvgIpc) is 2.43. The van der Waals surface area contributed by atoms with Gasteiger partial charge < -0.3 is 10.1 Å². The Hall–Kier alpha value is -0.690. The van der Waals surface area contributed by atoms with E-state index >= 15 is 0 Å². The third-order valence-corrected chi connectivity index (χ3v) is 4.43. The Morgan fingerprint density at radius 1 is 1.50 bits per heavy atom. The van der Waals surface area contributed by atoms with Gasteiger partial charge in [0.2, 0.25) is 0 Å². The molecule has 0 amide bonds. The first-order chi connectivity index (χ1) is 9.70. The van der Waals surface area contributed by atoms with Gasteiger partial charge in [0, 0.05) is 43.9 Å². The lowest BCUT2D eigenvalue weighted by Gasteiger charge is -2.31. The molecule has 0 bridgehead atoms. The predicted molar refractivity (Wildman–Crippen MR) is 83.0 cm³/mol. The highest BCUT2D eigenvalue weighted by Gasteiger charge is 2.24. The van der Waals surface area contributed by atoms with Gasteiger partial charge in [-0.25, -0.2) is 9.97 Å². The van der Waals surface area contributed by atoms with E-state index in [1.807, 2.05) is 18.7 Å². The summed E-state index contributed by atoms with van der Waals surface area (Å²) in [5.41, 5.74) is 2.11. The number of thioether (sulfide) groups is 1. The van der Waals surface area contributed by atoms with Crippen molar-refractivity contribution in [1.82, 2.24) is 20.2 Å². The molecule has 1 saturated heterocycles. The number of methoxy groups -OCH3 is 1. The van der Waals surface area contributed by atoms with E-state index in [1.165, 1.54) is 5.75 Å². The summed E-state index contributed by atoms with van der Waals surface area (Å²) in [5.74, 6) is 3.24. The number of hydrogen-bond donors (Lipinski definition) is 1. The van der Waals surface area contributed by atoms with E-state index in [1.54, 1.807) is 7.11 Å². The lowest BCUT2D eigenvalue weighted by atomic mass is 10.2. The molecular formula is C14H24N4OS. The molecule has 1 aromatic rings. The van der Waals surface area contributed by atoms with E-state index in [-0.39, 0.29) is 0 Å². The highest BCUT2D eigenvalue weighted by Crippen LogP contribution is 2.26. The van der Waals surface area contributed by atoms with E-state index in [9.17, 15) is 0 Å². The fraction of sp³-hybridized carbons (Fsp3) is 0.714. The van der Waals surface area contributed by atoms with Gasteiger partial charge in [0.05, 0.1) is 18.3 Å². The van der Waals surface area contributed by atoms with Crippen molar-refractivity contribution in [2.45, 2.75) is 19.5 Å². The van der Waals surface area contributed by atoms with Gasteiger partial charge in [-0.3, -0.25) is 4.90 Å². The maximum absolute atomic E-state index is 5.03. The molecule has 6 heteroatoms. The maximum atomic E-state index is 5.03. The van der Waals surface area contributed by atoms with Crippen LogP contribution >= 0.6 is 11.8 Å². The molecule has 1 atom stereocenters. The molecule has 1 fully saturated rings. The molecule has 0 aromatic carbocycles. The number of nitrogens with one attached hydrogen (secondary N) is 1. The molecule has 1 unspecified atom stereocenters. The van der Waals surface area contributed by atoms with Crippen LogP contribution in [-0.4, -0.2) is 60.2 Å². The zero-order chi connectivity index (χ0) is 14.4. The van der Waals surface area contributed by atoms with Crippen molar-refractivity contribution in [1.29, 1.82) is 0 Å². The smallest absolute Gasteiger partial charge is 0.146 e. The third-order valence-electron chi connectivity index (χ3n) is 3.41. The molecule has 20 heavy (non-hydrogen) atoms. The van der Waals surface area contributed by atoms with Gasteiger partial charge in [0.15, 0.2) is 0 Å². The van der Waals surface area contributed by atoms with Gasteiger partial charge in [0.1, 0.15) is 5.82 Å². The van der Waals surface area contributed by atoms with Crippen LogP contribution in [0.5, 0.6) is 0 Å². The molecule has 0 spiro atoms. The molecule has 2 rings (SSSR count). The van der Waals surface area contributed by atoms with Crippen molar-refractivity contribution in [2.75, 3.05) is 45.4 Å². The van der Waals surface area contributed by atoms with E-state index < -0.39 is 0 Å².